The fraction of sp³-hybridized carbons (Fsp3) is 0.0606. The van der Waals surface area contributed by atoms with Crippen molar-refractivity contribution in [2.75, 3.05) is 0 Å². The molecule has 3 aromatic heterocycles. The van der Waals surface area contributed by atoms with Crippen molar-refractivity contribution in [3.63, 3.8) is 0 Å². The molecule has 5 rings (SSSR count). The van der Waals surface area contributed by atoms with Crippen molar-refractivity contribution >= 4 is 43.7 Å². The maximum absolute atomic E-state index is 13.2. The van der Waals surface area contributed by atoms with Crippen LogP contribution in [0, 0.1) is 21.6 Å². The zero-order valence-electron chi connectivity index (χ0n) is 24.2. The zero-order chi connectivity index (χ0) is 34.6. The largest absolute Gasteiger partial charge is 0.416 e. The molecule has 0 saturated carbocycles. The molecule has 2 aromatic carbocycles. The highest BCUT2D eigenvalue weighted by molar-refractivity contribution is 8.27. The van der Waals surface area contributed by atoms with Crippen molar-refractivity contribution in [2.45, 2.75) is 12.4 Å². The molecule has 0 atom stereocenters. The van der Waals surface area contributed by atoms with Crippen LogP contribution in [0.25, 0.3) is 22.5 Å². The van der Waals surface area contributed by atoms with Gasteiger partial charge in [0.25, 0.3) is 0 Å². The number of nitrogens with one attached hydrogen (secondary N) is 4. The highest BCUT2D eigenvalue weighted by atomic mass is 32.2. The molecule has 0 aliphatic heterocycles. The number of nitrogens with zero attached hydrogens (tertiary/aromatic N) is 3. The maximum atomic E-state index is 13.2. The summed E-state index contributed by atoms with van der Waals surface area (Å²) in [4.78, 5) is 13.0. The van der Waals surface area contributed by atoms with E-state index in [4.69, 9.17) is 21.6 Å². The van der Waals surface area contributed by atoms with Gasteiger partial charge in [-0.25, -0.2) is 15.0 Å². The van der Waals surface area contributed by atoms with Crippen molar-refractivity contribution in [3.05, 3.63) is 137 Å². The summed E-state index contributed by atoms with van der Waals surface area (Å²) in [6.07, 6.45) is -9.06. The topological polar surface area (TPSA) is 134 Å². The van der Waals surface area contributed by atoms with Crippen molar-refractivity contribution in [3.8, 4) is 22.5 Å². The second-order valence-electron chi connectivity index (χ2n) is 9.90. The first-order chi connectivity index (χ1) is 22.7. The number of hydrogen-bond donors (Lipinski definition) is 4. The molecule has 3 heterocycles. The van der Waals surface area contributed by atoms with E-state index in [9.17, 15) is 26.3 Å². The Morgan fingerprint density at radius 1 is 0.438 bits per heavy atom. The number of alkyl halides is 6. The smallest absolute Gasteiger partial charge is 0.292 e. The molecule has 5 aromatic rings. The van der Waals surface area contributed by atoms with E-state index in [1.165, 1.54) is 60.7 Å². The minimum Gasteiger partial charge on any atom is -0.292 e. The standard InChI is InChI=1S/C33H21F6N7S2/c34-32(35,36)20-8-1-6-18(16-20)22-10-3-12-24(44-22)28(40)47-30(42)26-14-5-15-27(46-26)31(43)48-29(41)25-13-4-11-23(45-25)19-7-2-9-21(17-19)33(37,38)39/h1-17,40-43H. The van der Waals surface area contributed by atoms with Crippen LogP contribution in [-0.2, 0) is 12.4 Å². The van der Waals surface area contributed by atoms with Gasteiger partial charge in [0.2, 0.25) is 0 Å². The Morgan fingerprint density at radius 3 is 1.10 bits per heavy atom. The van der Waals surface area contributed by atoms with Crippen LogP contribution in [0.3, 0.4) is 0 Å². The lowest BCUT2D eigenvalue weighted by Gasteiger charge is -2.11. The van der Waals surface area contributed by atoms with Gasteiger partial charge in [-0.05, 0) is 84.2 Å². The SMILES string of the molecule is N=C(SC(=N)c1cccc(-c2cccc(C(F)(F)F)c2)n1)c1cccc(C(=N)SC(=N)c2cccc(-c3cccc(C(F)(F)F)c3)n2)n1. The molecule has 0 unspecified atom stereocenters. The van der Waals surface area contributed by atoms with Gasteiger partial charge >= 0.3 is 12.4 Å². The monoisotopic (exact) mass is 693 g/mol. The van der Waals surface area contributed by atoms with Crippen molar-refractivity contribution in [1.82, 2.24) is 15.0 Å². The van der Waals surface area contributed by atoms with Crippen LogP contribution in [0.15, 0.2) is 103 Å². The summed E-state index contributed by atoms with van der Waals surface area (Å²) in [7, 11) is 0. The predicted molar refractivity (Wildman–Crippen MR) is 176 cm³/mol. The lowest BCUT2D eigenvalue weighted by Crippen LogP contribution is -2.09. The van der Waals surface area contributed by atoms with Gasteiger partial charge in [-0.1, -0.05) is 42.5 Å². The molecule has 242 valence electrons. The lowest BCUT2D eigenvalue weighted by molar-refractivity contribution is -0.138. The number of pyridine rings is 3. The fourth-order valence-electron chi connectivity index (χ4n) is 4.25. The molecular weight excluding hydrogens is 673 g/mol. The van der Waals surface area contributed by atoms with Gasteiger partial charge in [0.1, 0.15) is 20.2 Å². The molecule has 0 spiro atoms. The summed E-state index contributed by atoms with van der Waals surface area (Å²) in [5.74, 6) is 0. The second kappa shape index (κ2) is 13.9. The Hall–Kier alpha value is -5.15. The van der Waals surface area contributed by atoms with Gasteiger partial charge in [-0.15, -0.1) is 0 Å². The molecule has 0 saturated heterocycles. The molecule has 0 radical (unpaired) electrons. The van der Waals surface area contributed by atoms with E-state index in [0.29, 0.717) is 23.5 Å². The highest BCUT2D eigenvalue weighted by Crippen LogP contribution is 2.33. The molecule has 7 nitrogen and oxygen atoms in total. The van der Waals surface area contributed by atoms with Gasteiger partial charge in [0.05, 0.1) is 45.3 Å². The van der Waals surface area contributed by atoms with E-state index in [1.807, 2.05) is 0 Å². The quantitative estimate of drug-likeness (QED) is 0.0799. The van der Waals surface area contributed by atoms with E-state index >= 15 is 0 Å². The third kappa shape index (κ3) is 8.22. The van der Waals surface area contributed by atoms with Crippen LogP contribution < -0.4 is 0 Å². The van der Waals surface area contributed by atoms with E-state index in [0.717, 1.165) is 24.3 Å². The minimum atomic E-state index is -4.53. The average Bonchev–Trinajstić information content (AvgIpc) is 3.07. The number of benzene rings is 2. The summed E-state index contributed by atoms with van der Waals surface area (Å²) in [6.45, 7) is 0. The molecule has 48 heavy (non-hydrogen) atoms. The van der Waals surface area contributed by atoms with Gasteiger partial charge in [-0.2, -0.15) is 26.3 Å². The molecule has 4 N–H and O–H groups in total. The Morgan fingerprint density at radius 2 is 0.750 bits per heavy atom. The first-order valence-electron chi connectivity index (χ1n) is 13.7. The second-order valence-corrected chi connectivity index (χ2v) is 11.9. The molecule has 0 aliphatic rings. The molecule has 0 fully saturated rings. The van der Waals surface area contributed by atoms with E-state index in [-0.39, 0.29) is 65.5 Å². The Balaban J connectivity index is 1.26. The summed E-state index contributed by atoms with van der Waals surface area (Å²) < 4.78 is 79.1. The summed E-state index contributed by atoms with van der Waals surface area (Å²) in [6, 6.07) is 23.0. The molecule has 0 bridgehead atoms. The molecule has 0 aliphatic carbocycles. The van der Waals surface area contributed by atoms with Crippen molar-refractivity contribution in [2.24, 2.45) is 0 Å². The normalized spacial score (nSPS) is 11.6. The van der Waals surface area contributed by atoms with E-state index < -0.39 is 23.5 Å². The first kappa shape index (κ1) is 34.2. The number of halogens is 6. The van der Waals surface area contributed by atoms with Gasteiger partial charge in [-0.3, -0.25) is 21.6 Å². The first-order valence-corrected chi connectivity index (χ1v) is 15.3. The van der Waals surface area contributed by atoms with Crippen molar-refractivity contribution < 1.29 is 26.3 Å². The van der Waals surface area contributed by atoms with Crippen LogP contribution in [0.1, 0.15) is 33.9 Å². The Kier molecular flexibility index (Phi) is 9.91. The van der Waals surface area contributed by atoms with Crippen molar-refractivity contribution in [1.29, 1.82) is 21.6 Å². The third-order valence-corrected chi connectivity index (χ3v) is 8.21. The molecule has 0 amide bonds. The van der Waals surface area contributed by atoms with E-state index in [1.54, 1.807) is 18.2 Å². The van der Waals surface area contributed by atoms with Crippen LogP contribution in [0.4, 0.5) is 26.3 Å². The van der Waals surface area contributed by atoms with Gasteiger partial charge < -0.3 is 0 Å². The fourth-order valence-corrected chi connectivity index (χ4v) is 5.54. The maximum Gasteiger partial charge on any atom is 0.416 e. The van der Waals surface area contributed by atoms with Crippen LogP contribution in [-0.4, -0.2) is 35.1 Å². The third-order valence-electron chi connectivity index (χ3n) is 6.56. The summed E-state index contributed by atoms with van der Waals surface area (Å²) in [5.41, 5.74) is -0.278. The minimum absolute atomic E-state index is 0.123. The van der Waals surface area contributed by atoms with Crippen LogP contribution in [0.2, 0.25) is 0 Å². The van der Waals surface area contributed by atoms with E-state index in [2.05, 4.69) is 15.0 Å². The molecule has 15 heteroatoms. The van der Waals surface area contributed by atoms with Gasteiger partial charge in [0.15, 0.2) is 0 Å². The predicted octanol–water partition coefficient (Wildman–Crippen LogP) is 9.41. The zero-order valence-corrected chi connectivity index (χ0v) is 25.9. The lowest BCUT2D eigenvalue weighted by atomic mass is 10.1. The molecular formula is C33H21F6N7S2. The van der Waals surface area contributed by atoms with Crippen LogP contribution >= 0.6 is 23.5 Å². The average molecular weight is 694 g/mol. The summed E-state index contributed by atoms with van der Waals surface area (Å²) >= 11 is 1.42. The van der Waals surface area contributed by atoms with Crippen LogP contribution in [0.5, 0.6) is 0 Å². The number of thioether (sulfide) groups is 2. The Bertz CT molecular complexity index is 1920. The van der Waals surface area contributed by atoms with Gasteiger partial charge in [0, 0.05) is 11.1 Å². The highest BCUT2D eigenvalue weighted by Gasteiger charge is 2.31. The summed E-state index contributed by atoms with van der Waals surface area (Å²) in [5, 5.41) is 33.3. The number of rotatable bonds is 6. The number of aromatic nitrogens is 3. The number of hydrogen-bond acceptors (Lipinski definition) is 9. The Labute approximate surface area is 277 Å².